The summed E-state index contributed by atoms with van der Waals surface area (Å²) >= 11 is 0. The Hall–Kier alpha value is -4.06. The summed E-state index contributed by atoms with van der Waals surface area (Å²) in [7, 11) is 1.29. The fourth-order valence-corrected chi connectivity index (χ4v) is 3.44. The van der Waals surface area contributed by atoms with E-state index in [-0.39, 0.29) is 11.4 Å². The molecule has 0 N–H and O–H groups in total. The molecule has 0 aliphatic heterocycles. The van der Waals surface area contributed by atoms with Gasteiger partial charge in [0.1, 0.15) is 0 Å². The Balaban J connectivity index is 2.15. The van der Waals surface area contributed by atoms with Gasteiger partial charge in [-0.1, -0.05) is 66.7 Å². The van der Waals surface area contributed by atoms with Gasteiger partial charge in [0, 0.05) is 17.0 Å². The molecule has 0 aliphatic carbocycles. The number of methoxy groups -OCH3 is 1. The summed E-state index contributed by atoms with van der Waals surface area (Å²) in [5, 5.41) is 13.1. The quantitative estimate of drug-likeness (QED) is 0.272. The van der Waals surface area contributed by atoms with Crippen LogP contribution in [0.2, 0.25) is 0 Å². The summed E-state index contributed by atoms with van der Waals surface area (Å²) in [6, 6.07) is 23.2. The molecule has 6 nitrogen and oxygen atoms in total. The number of carbonyl (C=O) groups excluding carboxylic acids is 1. The van der Waals surface area contributed by atoms with Crippen LogP contribution >= 0.6 is 0 Å². The van der Waals surface area contributed by atoms with Gasteiger partial charge in [0.05, 0.1) is 23.3 Å². The number of fused-ring (bicyclic) bond motifs is 1. The second kappa shape index (κ2) is 7.52. The molecule has 0 saturated heterocycles. The zero-order valence-corrected chi connectivity index (χ0v) is 15.5. The average Bonchev–Trinajstić information content (AvgIpc) is 2.78. The van der Waals surface area contributed by atoms with E-state index in [1.54, 1.807) is 18.2 Å². The van der Waals surface area contributed by atoms with Crippen LogP contribution in [0.4, 0.5) is 5.69 Å². The highest BCUT2D eigenvalue weighted by Crippen LogP contribution is 2.39. The van der Waals surface area contributed by atoms with Crippen molar-refractivity contribution in [2.75, 3.05) is 7.11 Å². The van der Waals surface area contributed by atoms with Crippen LogP contribution in [-0.2, 0) is 4.74 Å². The van der Waals surface area contributed by atoms with Gasteiger partial charge in [-0.25, -0.2) is 9.78 Å². The molecule has 0 saturated carbocycles. The molecule has 1 heterocycles. The smallest absolute Gasteiger partial charge is 0.357 e. The number of pyridine rings is 1. The van der Waals surface area contributed by atoms with Gasteiger partial charge in [-0.2, -0.15) is 0 Å². The van der Waals surface area contributed by atoms with Crippen LogP contribution in [0.1, 0.15) is 10.5 Å². The summed E-state index contributed by atoms with van der Waals surface area (Å²) < 4.78 is 4.98. The highest BCUT2D eigenvalue weighted by atomic mass is 16.6. The normalized spacial score (nSPS) is 10.7. The number of hydrogen-bond acceptors (Lipinski definition) is 5. The number of benzene rings is 3. The molecule has 142 valence electrons. The third-order valence-corrected chi connectivity index (χ3v) is 4.71. The number of nitro benzene ring substituents is 1. The minimum absolute atomic E-state index is 0.0755. The minimum atomic E-state index is -0.602. The molecule has 0 bridgehead atoms. The zero-order valence-electron chi connectivity index (χ0n) is 15.5. The molecule has 3 aromatic carbocycles. The van der Waals surface area contributed by atoms with Gasteiger partial charge < -0.3 is 4.74 Å². The zero-order chi connectivity index (χ0) is 20.4. The Morgan fingerprint density at radius 3 is 2.21 bits per heavy atom. The fourth-order valence-electron chi connectivity index (χ4n) is 3.44. The van der Waals surface area contributed by atoms with Crippen LogP contribution < -0.4 is 0 Å². The topological polar surface area (TPSA) is 82.3 Å². The Morgan fingerprint density at radius 2 is 1.52 bits per heavy atom. The third-order valence-electron chi connectivity index (χ3n) is 4.71. The van der Waals surface area contributed by atoms with Crippen LogP contribution in [0.3, 0.4) is 0 Å². The molecule has 6 heteroatoms. The number of aromatic nitrogens is 1. The number of nitro groups is 1. The van der Waals surface area contributed by atoms with Gasteiger partial charge in [-0.15, -0.1) is 0 Å². The minimum Gasteiger partial charge on any atom is -0.464 e. The fraction of sp³-hybridized carbons (Fsp3) is 0.0435. The van der Waals surface area contributed by atoms with E-state index in [2.05, 4.69) is 4.98 Å². The first-order chi connectivity index (χ1) is 14.1. The lowest BCUT2D eigenvalue weighted by molar-refractivity contribution is -0.384. The second-order valence-electron chi connectivity index (χ2n) is 6.36. The van der Waals surface area contributed by atoms with Crippen LogP contribution in [-0.4, -0.2) is 23.0 Å². The van der Waals surface area contributed by atoms with E-state index < -0.39 is 10.9 Å². The lowest BCUT2D eigenvalue weighted by Gasteiger charge is -2.15. The molecule has 0 unspecified atom stereocenters. The Kier molecular flexibility index (Phi) is 4.75. The maximum absolute atomic E-state index is 12.6. The van der Waals surface area contributed by atoms with E-state index in [0.29, 0.717) is 22.2 Å². The number of nitrogens with zero attached hydrogens (tertiary/aromatic N) is 2. The second-order valence-corrected chi connectivity index (χ2v) is 6.36. The van der Waals surface area contributed by atoms with Gasteiger partial charge in [0.25, 0.3) is 5.69 Å². The van der Waals surface area contributed by atoms with E-state index in [0.717, 1.165) is 10.9 Å². The molecular weight excluding hydrogens is 368 g/mol. The number of rotatable bonds is 4. The lowest BCUT2D eigenvalue weighted by atomic mass is 9.93. The molecular formula is C23H16N2O4. The number of para-hydroxylation sites is 1. The molecule has 0 atom stereocenters. The first-order valence-corrected chi connectivity index (χ1v) is 8.92. The van der Waals surface area contributed by atoms with Crippen molar-refractivity contribution in [2.45, 2.75) is 0 Å². The molecule has 0 spiro atoms. The Bertz CT molecular complexity index is 1240. The van der Waals surface area contributed by atoms with Crippen molar-refractivity contribution in [1.29, 1.82) is 0 Å². The summed E-state index contributed by atoms with van der Waals surface area (Å²) in [6.45, 7) is 0. The number of ether oxygens (including phenoxy) is 1. The highest BCUT2D eigenvalue weighted by Gasteiger charge is 2.24. The predicted octanol–water partition coefficient (Wildman–Crippen LogP) is 5.26. The van der Waals surface area contributed by atoms with Gasteiger partial charge in [-0.05, 0) is 17.0 Å². The largest absolute Gasteiger partial charge is 0.464 e. The van der Waals surface area contributed by atoms with Crippen LogP contribution in [0, 0.1) is 10.1 Å². The summed E-state index contributed by atoms with van der Waals surface area (Å²) in [5.74, 6) is -0.602. The van der Waals surface area contributed by atoms with E-state index in [9.17, 15) is 14.9 Å². The highest BCUT2D eigenvalue weighted by molar-refractivity contribution is 6.11. The van der Waals surface area contributed by atoms with E-state index in [1.807, 2.05) is 54.6 Å². The van der Waals surface area contributed by atoms with Crippen LogP contribution in [0.5, 0.6) is 0 Å². The van der Waals surface area contributed by atoms with E-state index >= 15 is 0 Å². The summed E-state index contributed by atoms with van der Waals surface area (Å²) in [5.41, 5.74) is 2.20. The van der Waals surface area contributed by atoms with Gasteiger partial charge in [0.2, 0.25) is 0 Å². The Labute approximate surface area is 166 Å². The number of esters is 1. The standard InChI is InChI=1S/C23H16N2O4/c1-29-23(26)22-20(15-9-3-2-4-10-15)16-11-5-6-12-17(16)21(24-22)18-13-7-8-14-19(18)25(27)28/h2-14H,1H3. The molecule has 4 rings (SSSR count). The van der Waals surface area contributed by atoms with Crippen molar-refractivity contribution in [1.82, 2.24) is 4.98 Å². The van der Waals surface area contributed by atoms with Crippen molar-refractivity contribution in [3.05, 3.63) is 94.7 Å². The maximum atomic E-state index is 12.6. The van der Waals surface area contributed by atoms with Gasteiger partial charge >= 0.3 is 5.97 Å². The Morgan fingerprint density at radius 1 is 0.897 bits per heavy atom. The van der Waals surface area contributed by atoms with Crippen LogP contribution in [0.25, 0.3) is 33.2 Å². The van der Waals surface area contributed by atoms with Crippen molar-refractivity contribution >= 4 is 22.4 Å². The van der Waals surface area contributed by atoms with Crippen molar-refractivity contribution < 1.29 is 14.5 Å². The molecule has 0 aliphatic rings. The predicted molar refractivity (Wildman–Crippen MR) is 111 cm³/mol. The van der Waals surface area contributed by atoms with Crippen LogP contribution in [0.15, 0.2) is 78.9 Å². The molecule has 0 amide bonds. The van der Waals surface area contributed by atoms with E-state index in [1.165, 1.54) is 13.2 Å². The molecule has 0 radical (unpaired) electrons. The molecule has 1 aromatic heterocycles. The van der Waals surface area contributed by atoms with E-state index in [4.69, 9.17) is 4.74 Å². The summed E-state index contributed by atoms with van der Waals surface area (Å²) in [4.78, 5) is 28.3. The first kappa shape index (κ1) is 18.3. The van der Waals surface area contributed by atoms with Crippen molar-refractivity contribution in [3.8, 4) is 22.4 Å². The number of carbonyl (C=O) groups is 1. The molecule has 4 aromatic rings. The lowest BCUT2D eigenvalue weighted by Crippen LogP contribution is -2.09. The summed E-state index contributed by atoms with van der Waals surface area (Å²) in [6.07, 6.45) is 0. The average molecular weight is 384 g/mol. The van der Waals surface area contributed by atoms with Gasteiger partial charge in [-0.3, -0.25) is 10.1 Å². The molecule has 0 fully saturated rings. The van der Waals surface area contributed by atoms with Gasteiger partial charge in [0.15, 0.2) is 5.69 Å². The number of hydrogen-bond donors (Lipinski definition) is 0. The molecule has 29 heavy (non-hydrogen) atoms. The van der Waals surface area contributed by atoms with Crippen molar-refractivity contribution in [2.24, 2.45) is 0 Å². The van der Waals surface area contributed by atoms with Crippen molar-refractivity contribution in [3.63, 3.8) is 0 Å². The first-order valence-electron chi connectivity index (χ1n) is 8.92. The third kappa shape index (κ3) is 3.21. The monoisotopic (exact) mass is 384 g/mol. The SMILES string of the molecule is COC(=O)c1nc(-c2ccccc2[N+](=O)[O-])c2ccccc2c1-c1ccccc1. The maximum Gasteiger partial charge on any atom is 0.357 e.